The molecular weight excluding hydrogens is 378 g/mol. The minimum atomic E-state index is -4.95. The van der Waals surface area contributed by atoms with E-state index < -0.39 is 29.4 Å². The quantitative estimate of drug-likeness (QED) is 0.417. The van der Waals surface area contributed by atoms with Crippen LogP contribution >= 0.6 is 0 Å². The van der Waals surface area contributed by atoms with E-state index in [4.69, 9.17) is 4.74 Å². The maximum atomic E-state index is 12.9. The molecule has 0 saturated heterocycles. The van der Waals surface area contributed by atoms with Crippen molar-refractivity contribution in [3.8, 4) is 11.3 Å². The first kappa shape index (κ1) is 20.5. The van der Waals surface area contributed by atoms with Crippen LogP contribution in [-0.4, -0.2) is 21.6 Å². The lowest BCUT2D eigenvalue weighted by Crippen LogP contribution is -2.11. The summed E-state index contributed by atoms with van der Waals surface area (Å²) in [6, 6.07) is 1.21. The minimum Gasteiger partial charge on any atom is -0.460 e. The van der Waals surface area contributed by atoms with Gasteiger partial charge in [0.05, 0.1) is 29.3 Å². The Morgan fingerprint density at radius 2 is 1.63 bits per heavy atom. The van der Waals surface area contributed by atoms with E-state index in [1.165, 1.54) is 17.0 Å². The summed E-state index contributed by atoms with van der Waals surface area (Å²) in [5.74, 6) is -0.654. The van der Waals surface area contributed by atoms with E-state index in [1.54, 1.807) is 13.8 Å². The third kappa shape index (κ3) is 5.60. The van der Waals surface area contributed by atoms with Gasteiger partial charge in [-0.25, -0.2) is 9.78 Å². The molecule has 0 atom stereocenters. The Morgan fingerprint density at radius 1 is 1.07 bits per heavy atom. The molecule has 0 aliphatic heterocycles. The fraction of sp³-hybridized carbons (Fsp3) is 0.294. The van der Waals surface area contributed by atoms with Crippen molar-refractivity contribution < 1.29 is 35.9 Å². The largest absolute Gasteiger partial charge is 0.460 e. The van der Waals surface area contributed by atoms with E-state index in [0.717, 1.165) is 12.4 Å². The highest BCUT2D eigenvalue weighted by molar-refractivity contribution is 5.85. The first-order valence-corrected chi connectivity index (χ1v) is 7.58. The van der Waals surface area contributed by atoms with Gasteiger partial charge in [-0.2, -0.15) is 26.3 Å². The van der Waals surface area contributed by atoms with Gasteiger partial charge in [0.25, 0.3) is 0 Å². The summed E-state index contributed by atoms with van der Waals surface area (Å²) in [5.41, 5.74) is -3.33. The number of carbonyl (C=O) groups is 1. The molecule has 146 valence electrons. The molecule has 0 saturated carbocycles. The van der Waals surface area contributed by atoms with Gasteiger partial charge in [0.2, 0.25) is 0 Å². The van der Waals surface area contributed by atoms with E-state index >= 15 is 0 Å². The number of alkyl halides is 6. The number of aromatic nitrogens is 2. The third-order valence-electron chi connectivity index (χ3n) is 3.22. The molecule has 0 fully saturated rings. The summed E-state index contributed by atoms with van der Waals surface area (Å²) in [6.07, 6.45) is -5.63. The lowest BCUT2D eigenvalue weighted by atomic mass is 10.0. The summed E-state index contributed by atoms with van der Waals surface area (Å²) in [6.45, 7) is 3.29. The van der Waals surface area contributed by atoms with Crippen LogP contribution in [0.1, 0.15) is 25.0 Å². The molecule has 1 aromatic heterocycles. The molecule has 4 nitrogen and oxygen atoms in total. The van der Waals surface area contributed by atoms with Crippen molar-refractivity contribution in [1.29, 1.82) is 0 Å². The van der Waals surface area contributed by atoms with Gasteiger partial charge in [0, 0.05) is 24.0 Å². The van der Waals surface area contributed by atoms with Crippen LogP contribution in [0.2, 0.25) is 0 Å². The van der Waals surface area contributed by atoms with E-state index in [9.17, 15) is 31.1 Å². The number of carbonyl (C=O) groups excluding carboxylic acids is 1. The zero-order valence-corrected chi connectivity index (χ0v) is 14.1. The lowest BCUT2D eigenvalue weighted by molar-refractivity contribution is -0.143. The molecule has 0 unspecified atom stereocenters. The van der Waals surface area contributed by atoms with Crippen LogP contribution < -0.4 is 0 Å². The number of halogens is 6. The van der Waals surface area contributed by atoms with Gasteiger partial charge in [-0.05, 0) is 32.0 Å². The number of imidazole rings is 1. The standard InChI is InChI=1S/C17H14F6N2O2/c1-10(2)27-15(26)3-4-25-8-14(24-9-25)11-5-12(16(18,19)20)7-13(6-11)17(21,22)23/h3-10H,1-2H3. The van der Waals surface area contributed by atoms with Crippen molar-refractivity contribution >= 4 is 12.2 Å². The minimum absolute atomic E-state index is 0.0440. The fourth-order valence-electron chi connectivity index (χ4n) is 2.09. The van der Waals surface area contributed by atoms with Gasteiger partial charge < -0.3 is 9.30 Å². The highest BCUT2D eigenvalue weighted by atomic mass is 19.4. The van der Waals surface area contributed by atoms with E-state index in [1.807, 2.05) is 0 Å². The zero-order chi connectivity index (χ0) is 20.4. The molecule has 27 heavy (non-hydrogen) atoms. The first-order valence-electron chi connectivity index (χ1n) is 7.58. The Morgan fingerprint density at radius 3 is 2.11 bits per heavy atom. The van der Waals surface area contributed by atoms with Gasteiger partial charge in [0.15, 0.2) is 0 Å². The second-order valence-electron chi connectivity index (χ2n) is 5.80. The molecule has 1 aromatic carbocycles. The number of hydrogen-bond acceptors (Lipinski definition) is 3. The van der Waals surface area contributed by atoms with Crippen molar-refractivity contribution in [2.24, 2.45) is 0 Å². The van der Waals surface area contributed by atoms with Crippen LogP contribution in [0.15, 0.2) is 36.8 Å². The monoisotopic (exact) mass is 392 g/mol. The molecule has 0 amide bonds. The van der Waals surface area contributed by atoms with E-state index in [0.29, 0.717) is 12.1 Å². The van der Waals surface area contributed by atoms with Crippen LogP contribution in [0.4, 0.5) is 26.3 Å². The highest BCUT2D eigenvalue weighted by Gasteiger charge is 2.37. The first-order chi connectivity index (χ1) is 12.4. The molecule has 0 aliphatic rings. The van der Waals surface area contributed by atoms with Gasteiger partial charge >= 0.3 is 18.3 Å². The number of rotatable bonds is 4. The lowest BCUT2D eigenvalue weighted by Gasteiger charge is -2.13. The van der Waals surface area contributed by atoms with Crippen molar-refractivity contribution in [3.63, 3.8) is 0 Å². The summed E-state index contributed by atoms with van der Waals surface area (Å²) < 4.78 is 83.6. The number of nitrogens with zero attached hydrogens (tertiary/aromatic N) is 2. The molecule has 1 heterocycles. The maximum Gasteiger partial charge on any atom is 0.416 e. The van der Waals surface area contributed by atoms with Crippen LogP contribution in [0.25, 0.3) is 17.5 Å². The molecule has 10 heteroatoms. The van der Waals surface area contributed by atoms with Crippen molar-refractivity contribution in [3.05, 3.63) is 47.9 Å². The Balaban J connectivity index is 2.37. The number of esters is 1. The Kier molecular flexibility index (Phi) is 5.67. The summed E-state index contributed by atoms with van der Waals surface area (Å²) >= 11 is 0. The van der Waals surface area contributed by atoms with Crippen LogP contribution in [0.3, 0.4) is 0 Å². The van der Waals surface area contributed by atoms with E-state index in [-0.39, 0.29) is 23.4 Å². The molecule has 0 radical (unpaired) electrons. The van der Waals surface area contributed by atoms with Crippen molar-refractivity contribution in [2.45, 2.75) is 32.3 Å². The third-order valence-corrected chi connectivity index (χ3v) is 3.22. The molecule has 0 N–H and O–H groups in total. The van der Waals surface area contributed by atoms with Crippen molar-refractivity contribution in [1.82, 2.24) is 9.55 Å². The van der Waals surface area contributed by atoms with Gasteiger partial charge in [-0.15, -0.1) is 0 Å². The Labute approximate surface area is 150 Å². The maximum absolute atomic E-state index is 12.9. The summed E-state index contributed by atoms with van der Waals surface area (Å²) in [5, 5.41) is 0. The predicted octanol–water partition coefficient (Wildman–Crippen LogP) is 5.01. The zero-order valence-electron chi connectivity index (χ0n) is 14.1. The molecule has 2 rings (SSSR count). The van der Waals surface area contributed by atoms with Crippen molar-refractivity contribution in [2.75, 3.05) is 0 Å². The topological polar surface area (TPSA) is 44.1 Å². The Hall–Kier alpha value is -2.78. The normalized spacial score (nSPS) is 12.8. The smallest absolute Gasteiger partial charge is 0.416 e. The molecule has 0 bridgehead atoms. The molecule has 0 spiro atoms. The summed E-state index contributed by atoms with van der Waals surface area (Å²) in [4.78, 5) is 15.2. The SMILES string of the molecule is CC(C)OC(=O)C=Cn1cnc(-c2cc(C(F)(F)F)cc(C(F)(F)F)c2)c1. The summed E-state index contributed by atoms with van der Waals surface area (Å²) in [7, 11) is 0. The second-order valence-corrected chi connectivity index (χ2v) is 5.80. The van der Waals surface area contributed by atoms with E-state index in [2.05, 4.69) is 4.98 Å². The van der Waals surface area contributed by atoms with Crippen LogP contribution in [0, 0.1) is 0 Å². The number of ether oxygens (including phenoxy) is 1. The molecule has 2 aromatic rings. The Bertz CT molecular complexity index is 818. The number of benzene rings is 1. The average Bonchev–Trinajstić information content (AvgIpc) is 2.99. The average molecular weight is 392 g/mol. The van der Waals surface area contributed by atoms with Gasteiger partial charge in [0.1, 0.15) is 0 Å². The highest BCUT2D eigenvalue weighted by Crippen LogP contribution is 2.38. The van der Waals surface area contributed by atoms with Gasteiger partial charge in [-0.3, -0.25) is 0 Å². The fourth-order valence-corrected chi connectivity index (χ4v) is 2.09. The number of hydrogen-bond donors (Lipinski definition) is 0. The van der Waals surface area contributed by atoms with Crippen LogP contribution in [-0.2, 0) is 21.9 Å². The predicted molar refractivity (Wildman–Crippen MR) is 84.2 cm³/mol. The molecular formula is C17H14F6N2O2. The van der Waals surface area contributed by atoms with Crippen LogP contribution in [0.5, 0.6) is 0 Å². The van der Waals surface area contributed by atoms with Gasteiger partial charge in [-0.1, -0.05) is 0 Å². The second kappa shape index (κ2) is 7.45. The molecule has 0 aliphatic carbocycles.